The quantitative estimate of drug-likeness (QED) is 0.703. The van der Waals surface area contributed by atoms with Gasteiger partial charge in [-0.15, -0.1) is 0 Å². The Kier molecular flexibility index (Phi) is 4.07. The number of nitrogens with one attached hydrogen (secondary N) is 1. The highest BCUT2D eigenvalue weighted by molar-refractivity contribution is 5.77. The molecule has 0 saturated carbocycles. The molecule has 0 spiro atoms. The zero-order valence-electron chi connectivity index (χ0n) is 8.88. The van der Waals surface area contributed by atoms with Crippen LogP contribution in [-0.2, 0) is 9.59 Å². The number of piperidine rings is 1. The van der Waals surface area contributed by atoms with Crippen molar-refractivity contribution in [2.45, 2.75) is 32.7 Å². The van der Waals surface area contributed by atoms with Crippen molar-refractivity contribution in [3.63, 3.8) is 0 Å². The molecule has 0 radical (unpaired) electrons. The molecule has 0 bridgehead atoms. The number of Topliss-reactive ketones (excluding diaryl/α,β-unsaturated/α-hetero) is 1. The molecule has 0 aromatic heterocycles. The van der Waals surface area contributed by atoms with E-state index in [1.54, 1.807) is 13.8 Å². The molecule has 80 valence electrons. The zero-order chi connectivity index (χ0) is 10.6. The summed E-state index contributed by atoms with van der Waals surface area (Å²) in [7, 11) is 0. The van der Waals surface area contributed by atoms with Crippen LogP contribution in [0.3, 0.4) is 0 Å². The van der Waals surface area contributed by atoms with Gasteiger partial charge < -0.3 is 5.32 Å². The van der Waals surface area contributed by atoms with Crippen molar-refractivity contribution in [2.75, 3.05) is 19.6 Å². The van der Waals surface area contributed by atoms with Gasteiger partial charge in [0.25, 0.3) is 0 Å². The van der Waals surface area contributed by atoms with E-state index >= 15 is 0 Å². The van der Waals surface area contributed by atoms with E-state index in [-0.39, 0.29) is 11.7 Å². The summed E-state index contributed by atoms with van der Waals surface area (Å²) in [6.07, 6.45) is 1.90. The molecule has 1 heterocycles. The normalized spacial score (nSPS) is 19.3. The Morgan fingerprint density at radius 2 is 1.86 bits per heavy atom. The number of rotatable bonds is 3. The number of hydrogen-bond donors (Lipinski definition) is 1. The number of ketones is 1. The van der Waals surface area contributed by atoms with Crippen LogP contribution in [-0.4, -0.2) is 42.3 Å². The molecule has 4 nitrogen and oxygen atoms in total. The SMILES string of the molecule is CC(=O)CN1CCC(NC(C)=O)CC1. The van der Waals surface area contributed by atoms with E-state index in [2.05, 4.69) is 10.2 Å². The minimum Gasteiger partial charge on any atom is -0.354 e. The summed E-state index contributed by atoms with van der Waals surface area (Å²) in [6, 6.07) is 0.302. The molecule has 0 atom stereocenters. The third-order valence-corrected chi connectivity index (χ3v) is 2.44. The van der Waals surface area contributed by atoms with Crippen LogP contribution in [0.2, 0.25) is 0 Å². The summed E-state index contributed by atoms with van der Waals surface area (Å²) in [6.45, 7) is 5.52. The Balaban J connectivity index is 2.24. The monoisotopic (exact) mass is 198 g/mol. The highest BCUT2D eigenvalue weighted by Gasteiger charge is 2.19. The van der Waals surface area contributed by atoms with Gasteiger partial charge in [0.2, 0.25) is 5.91 Å². The predicted octanol–water partition coefficient (Wildman–Crippen LogP) is 0.176. The van der Waals surface area contributed by atoms with Gasteiger partial charge in [-0.3, -0.25) is 14.5 Å². The summed E-state index contributed by atoms with van der Waals surface area (Å²) < 4.78 is 0. The molecule has 1 fully saturated rings. The smallest absolute Gasteiger partial charge is 0.217 e. The van der Waals surface area contributed by atoms with Crippen molar-refractivity contribution in [3.8, 4) is 0 Å². The molecule has 1 aliphatic heterocycles. The van der Waals surface area contributed by atoms with E-state index in [1.807, 2.05) is 0 Å². The average Bonchev–Trinajstić information content (AvgIpc) is 2.06. The molecule has 4 heteroatoms. The summed E-state index contributed by atoms with van der Waals surface area (Å²) in [5.74, 6) is 0.248. The van der Waals surface area contributed by atoms with E-state index < -0.39 is 0 Å². The number of hydrogen-bond acceptors (Lipinski definition) is 3. The van der Waals surface area contributed by atoms with Crippen LogP contribution in [0.1, 0.15) is 26.7 Å². The molecule has 1 rings (SSSR count). The first kappa shape index (κ1) is 11.2. The first-order valence-corrected chi connectivity index (χ1v) is 5.07. The second-order valence-corrected chi connectivity index (χ2v) is 3.95. The Labute approximate surface area is 84.7 Å². The maximum atomic E-state index is 10.9. The van der Waals surface area contributed by atoms with E-state index in [4.69, 9.17) is 0 Å². The fourth-order valence-electron chi connectivity index (χ4n) is 1.84. The van der Waals surface area contributed by atoms with Crippen LogP contribution in [0.15, 0.2) is 0 Å². The highest BCUT2D eigenvalue weighted by atomic mass is 16.1. The van der Waals surface area contributed by atoms with Crippen molar-refractivity contribution < 1.29 is 9.59 Å². The second-order valence-electron chi connectivity index (χ2n) is 3.95. The van der Waals surface area contributed by atoms with Gasteiger partial charge in [0, 0.05) is 26.1 Å². The Morgan fingerprint density at radius 3 is 2.29 bits per heavy atom. The lowest BCUT2D eigenvalue weighted by molar-refractivity contribution is -0.121. The van der Waals surface area contributed by atoms with Crippen LogP contribution >= 0.6 is 0 Å². The van der Waals surface area contributed by atoms with Gasteiger partial charge in [0.05, 0.1) is 6.54 Å². The fraction of sp³-hybridized carbons (Fsp3) is 0.800. The van der Waals surface area contributed by atoms with Crippen molar-refractivity contribution in [3.05, 3.63) is 0 Å². The lowest BCUT2D eigenvalue weighted by Gasteiger charge is -2.31. The van der Waals surface area contributed by atoms with E-state index in [1.165, 1.54) is 0 Å². The minimum absolute atomic E-state index is 0.0371. The van der Waals surface area contributed by atoms with Crippen LogP contribution < -0.4 is 5.32 Å². The second kappa shape index (κ2) is 5.10. The maximum Gasteiger partial charge on any atom is 0.217 e. The molecule has 0 aromatic carbocycles. The van der Waals surface area contributed by atoms with Crippen molar-refractivity contribution in [2.24, 2.45) is 0 Å². The Morgan fingerprint density at radius 1 is 1.29 bits per heavy atom. The van der Waals surface area contributed by atoms with Crippen molar-refractivity contribution in [1.29, 1.82) is 0 Å². The average molecular weight is 198 g/mol. The summed E-state index contributed by atoms with van der Waals surface area (Å²) in [4.78, 5) is 23.8. The third-order valence-electron chi connectivity index (χ3n) is 2.44. The number of carbonyl (C=O) groups excluding carboxylic acids is 2. The van der Waals surface area contributed by atoms with Crippen LogP contribution in [0.5, 0.6) is 0 Å². The molecular weight excluding hydrogens is 180 g/mol. The van der Waals surface area contributed by atoms with Crippen molar-refractivity contribution >= 4 is 11.7 Å². The molecule has 0 aromatic rings. The largest absolute Gasteiger partial charge is 0.354 e. The first-order chi connectivity index (χ1) is 6.58. The van der Waals surface area contributed by atoms with E-state index in [0.29, 0.717) is 12.6 Å². The molecule has 0 unspecified atom stereocenters. The standard InChI is InChI=1S/C10H18N2O2/c1-8(13)7-12-5-3-10(4-6-12)11-9(2)14/h10H,3-7H2,1-2H3,(H,11,14). The van der Waals surface area contributed by atoms with E-state index in [0.717, 1.165) is 25.9 Å². The zero-order valence-corrected chi connectivity index (χ0v) is 8.88. The van der Waals surface area contributed by atoms with Crippen LogP contribution in [0.4, 0.5) is 0 Å². The topological polar surface area (TPSA) is 49.4 Å². The third kappa shape index (κ3) is 3.87. The summed E-state index contributed by atoms with van der Waals surface area (Å²) in [5.41, 5.74) is 0. The van der Waals surface area contributed by atoms with Gasteiger partial charge in [-0.2, -0.15) is 0 Å². The maximum absolute atomic E-state index is 10.9. The van der Waals surface area contributed by atoms with Gasteiger partial charge in [0.15, 0.2) is 0 Å². The van der Waals surface area contributed by atoms with Gasteiger partial charge in [0.1, 0.15) is 5.78 Å². The molecule has 1 N–H and O–H groups in total. The molecule has 1 saturated heterocycles. The number of carbonyl (C=O) groups is 2. The molecule has 1 amide bonds. The summed E-state index contributed by atoms with van der Waals surface area (Å²) >= 11 is 0. The predicted molar refractivity (Wildman–Crippen MR) is 54.0 cm³/mol. The lowest BCUT2D eigenvalue weighted by Crippen LogP contribution is -2.45. The van der Waals surface area contributed by atoms with Crippen molar-refractivity contribution in [1.82, 2.24) is 10.2 Å². The number of nitrogens with zero attached hydrogens (tertiary/aromatic N) is 1. The number of likely N-dealkylation sites (tertiary alicyclic amines) is 1. The van der Waals surface area contributed by atoms with Gasteiger partial charge in [-0.05, 0) is 19.8 Å². The molecular formula is C10H18N2O2. The fourth-order valence-corrected chi connectivity index (χ4v) is 1.84. The molecule has 0 aliphatic carbocycles. The Hall–Kier alpha value is -0.900. The number of amides is 1. The first-order valence-electron chi connectivity index (χ1n) is 5.07. The lowest BCUT2D eigenvalue weighted by atomic mass is 10.0. The minimum atomic E-state index is 0.0371. The van der Waals surface area contributed by atoms with Gasteiger partial charge in [-0.25, -0.2) is 0 Å². The summed E-state index contributed by atoms with van der Waals surface area (Å²) in [5, 5.41) is 2.91. The van der Waals surface area contributed by atoms with Crippen LogP contribution in [0.25, 0.3) is 0 Å². The molecule has 1 aliphatic rings. The molecule has 14 heavy (non-hydrogen) atoms. The Bertz CT molecular complexity index is 196. The van der Waals surface area contributed by atoms with Gasteiger partial charge >= 0.3 is 0 Å². The highest BCUT2D eigenvalue weighted by Crippen LogP contribution is 2.09. The van der Waals surface area contributed by atoms with Gasteiger partial charge in [-0.1, -0.05) is 0 Å². The van der Waals surface area contributed by atoms with E-state index in [9.17, 15) is 9.59 Å². The van der Waals surface area contributed by atoms with Crippen LogP contribution in [0, 0.1) is 0 Å².